The molecule has 4 rings (SSSR count). The Morgan fingerprint density at radius 1 is 0.667 bits per heavy atom. The fourth-order valence-corrected chi connectivity index (χ4v) is 4.97. The number of hydrogen-bond acceptors (Lipinski definition) is 6. The van der Waals surface area contributed by atoms with E-state index in [0.717, 1.165) is 16.5 Å². The molecule has 1 aromatic heterocycles. The normalized spacial score (nSPS) is 13.6. The lowest BCUT2D eigenvalue weighted by Crippen LogP contribution is -2.58. The molecule has 0 radical (unpaired) electrons. The van der Waals surface area contributed by atoms with Gasteiger partial charge in [-0.3, -0.25) is 19.2 Å². The van der Waals surface area contributed by atoms with E-state index in [1.165, 1.54) is 0 Å². The van der Waals surface area contributed by atoms with Gasteiger partial charge in [-0.25, -0.2) is 4.79 Å². The number of aromatic amines is 1. The highest BCUT2D eigenvalue weighted by atomic mass is 16.4. The lowest BCUT2D eigenvalue weighted by Gasteiger charge is -2.25. The molecule has 0 aliphatic carbocycles. The Balaban J connectivity index is 1.54. The van der Waals surface area contributed by atoms with E-state index in [4.69, 9.17) is 11.5 Å². The van der Waals surface area contributed by atoms with Crippen LogP contribution < -0.4 is 27.4 Å². The van der Waals surface area contributed by atoms with Gasteiger partial charge in [0.05, 0.1) is 12.5 Å². The van der Waals surface area contributed by atoms with Crippen LogP contribution in [0.2, 0.25) is 0 Å². The Kier molecular flexibility index (Phi) is 11.0. The number of fused-ring (bicyclic) bond motifs is 1. The quantitative estimate of drug-likeness (QED) is 0.103. The van der Waals surface area contributed by atoms with Crippen molar-refractivity contribution < 1.29 is 29.1 Å². The maximum atomic E-state index is 13.6. The van der Waals surface area contributed by atoms with E-state index in [2.05, 4.69) is 20.9 Å². The number of hydrogen-bond donors (Lipinski definition) is 7. The molecule has 9 N–H and O–H groups in total. The molecule has 0 aliphatic heterocycles. The first kappa shape index (κ1) is 32.4. The predicted molar refractivity (Wildman–Crippen MR) is 168 cm³/mol. The first-order chi connectivity index (χ1) is 21.6. The van der Waals surface area contributed by atoms with Crippen molar-refractivity contribution in [2.24, 2.45) is 11.5 Å². The molecule has 12 heteroatoms. The topological polar surface area (TPSA) is 209 Å². The number of nitrogens with one attached hydrogen (secondary N) is 4. The Hall–Kier alpha value is -5.49. The van der Waals surface area contributed by atoms with E-state index in [1.54, 1.807) is 60.8 Å². The number of amides is 4. The largest absolute Gasteiger partial charge is 0.480 e. The van der Waals surface area contributed by atoms with Crippen molar-refractivity contribution in [2.75, 3.05) is 0 Å². The second kappa shape index (κ2) is 15.3. The molecule has 1 heterocycles. The third-order valence-corrected chi connectivity index (χ3v) is 7.30. The van der Waals surface area contributed by atoms with Crippen molar-refractivity contribution in [3.05, 3.63) is 108 Å². The van der Waals surface area contributed by atoms with Gasteiger partial charge in [-0.2, -0.15) is 0 Å². The summed E-state index contributed by atoms with van der Waals surface area (Å²) in [5, 5.41) is 18.3. The Labute approximate surface area is 259 Å². The van der Waals surface area contributed by atoms with Gasteiger partial charge in [0, 0.05) is 29.9 Å². The summed E-state index contributed by atoms with van der Waals surface area (Å²) >= 11 is 0. The van der Waals surface area contributed by atoms with Gasteiger partial charge in [0.1, 0.15) is 18.1 Å². The second-order valence-corrected chi connectivity index (χ2v) is 10.7. The molecule has 4 atom stereocenters. The fourth-order valence-electron chi connectivity index (χ4n) is 4.97. The summed E-state index contributed by atoms with van der Waals surface area (Å²) in [6, 6.07) is 20.2. The van der Waals surface area contributed by atoms with Gasteiger partial charge >= 0.3 is 5.97 Å². The molecule has 12 nitrogen and oxygen atoms in total. The number of rotatable bonds is 15. The zero-order chi connectivity index (χ0) is 32.3. The van der Waals surface area contributed by atoms with Gasteiger partial charge in [0.2, 0.25) is 23.6 Å². The number of H-pyrrole nitrogens is 1. The van der Waals surface area contributed by atoms with E-state index < -0.39 is 60.2 Å². The van der Waals surface area contributed by atoms with Gasteiger partial charge in [-0.1, -0.05) is 78.9 Å². The van der Waals surface area contributed by atoms with Crippen molar-refractivity contribution in [2.45, 2.75) is 49.9 Å². The third-order valence-electron chi connectivity index (χ3n) is 7.30. The monoisotopic (exact) mass is 612 g/mol. The maximum absolute atomic E-state index is 13.6. The van der Waals surface area contributed by atoms with Crippen LogP contribution in [0.15, 0.2) is 91.1 Å². The maximum Gasteiger partial charge on any atom is 0.326 e. The van der Waals surface area contributed by atoms with Gasteiger partial charge in [0.25, 0.3) is 0 Å². The molecule has 45 heavy (non-hydrogen) atoms. The van der Waals surface area contributed by atoms with E-state index in [9.17, 15) is 29.1 Å². The number of aliphatic carboxylic acids is 1. The van der Waals surface area contributed by atoms with Gasteiger partial charge in [0.15, 0.2) is 0 Å². The highest BCUT2D eigenvalue weighted by Gasteiger charge is 2.32. The van der Waals surface area contributed by atoms with Crippen LogP contribution in [0, 0.1) is 0 Å². The van der Waals surface area contributed by atoms with Crippen LogP contribution in [0.1, 0.15) is 23.1 Å². The lowest BCUT2D eigenvalue weighted by atomic mass is 10.0. The predicted octanol–water partition coefficient (Wildman–Crippen LogP) is 0.938. The van der Waals surface area contributed by atoms with E-state index in [1.807, 2.05) is 30.3 Å². The van der Waals surface area contributed by atoms with Crippen molar-refractivity contribution in [1.82, 2.24) is 20.9 Å². The number of carboxylic acids is 1. The summed E-state index contributed by atoms with van der Waals surface area (Å²) in [4.78, 5) is 67.2. The minimum absolute atomic E-state index is 0.00925. The summed E-state index contributed by atoms with van der Waals surface area (Å²) in [6.07, 6.45) is 1.31. The average Bonchev–Trinajstić information content (AvgIpc) is 3.43. The van der Waals surface area contributed by atoms with Gasteiger partial charge in [-0.05, 0) is 29.2 Å². The molecule has 0 fully saturated rings. The van der Waals surface area contributed by atoms with E-state index >= 15 is 0 Å². The van der Waals surface area contributed by atoms with Crippen LogP contribution in [0.3, 0.4) is 0 Å². The molecule has 4 unspecified atom stereocenters. The number of carboxylic acid groups (broad SMARTS) is 1. The fraction of sp³-hybridized carbons (Fsp3) is 0.242. The van der Waals surface area contributed by atoms with Crippen molar-refractivity contribution in [3.63, 3.8) is 0 Å². The number of benzene rings is 3. The zero-order valence-electron chi connectivity index (χ0n) is 24.4. The summed E-state index contributed by atoms with van der Waals surface area (Å²) in [6.45, 7) is 0. The first-order valence-corrected chi connectivity index (χ1v) is 14.4. The molecule has 0 saturated carbocycles. The summed E-state index contributed by atoms with van der Waals surface area (Å²) < 4.78 is 0. The number of para-hydroxylation sites is 1. The van der Waals surface area contributed by atoms with Crippen molar-refractivity contribution in [3.8, 4) is 0 Å². The molecular weight excluding hydrogens is 576 g/mol. The Morgan fingerprint density at radius 3 is 1.82 bits per heavy atom. The highest BCUT2D eigenvalue weighted by Crippen LogP contribution is 2.19. The molecule has 0 aliphatic rings. The van der Waals surface area contributed by atoms with Crippen LogP contribution >= 0.6 is 0 Å². The number of carbonyl (C=O) groups is 5. The van der Waals surface area contributed by atoms with Crippen LogP contribution in [-0.2, 0) is 43.2 Å². The summed E-state index contributed by atoms with van der Waals surface area (Å²) in [5.74, 6) is -4.42. The number of nitrogens with two attached hydrogens (primary N) is 2. The van der Waals surface area contributed by atoms with Crippen molar-refractivity contribution >= 4 is 40.5 Å². The second-order valence-electron chi connectivity index (χ2n) is 10.7. The smallest absolute Gasteiger partial charge is 0.326 e. The molecule has 3 aromatic carbocycles. The van der Waals surface area contributed by atoms with Crippen LogP contribution in [0.4, 0.5) is 0 Å². The Bertz CT molecular complexity index is 1640. The lowest BCUT2D eigenvalue weighted by molar-refractivity contribution is -0.142. The number of carbonyl (C=O) groups excluding carboxylic acids is 4. The highest BCUT2D eigenvalue weighted by molar-refractivity contribution is 5.96. The van der Waals surface area contributed by atoms with Gasteiger partial charge < -0.3 is 37.5 Å². The van der Waals surface area contributed by atoms with Gasteiger partial charge in [-0.15, -0.1) is 0 Å². The molecule has 0 saturated heterocycles. The van der Waals surface area contributed by atoms with E-state index in [-0.39, 0.29) is 19.3 Å². The van der Waals surface area contributed by atoms with Crippen LogP contribution in [-0.4, -0.2) is 63.9 Å². The molecule has 234 valence electrons. The zero-order valence-corrected chi connectivity index (χ0v) is 24.4. The molecule has 4 amide bonds. The third kappa shape index (κ3) is 9.25. The first-order valence-electron chi connectivity index (χ1n) is 14.4. The standard InChI is InChI=1S/C33H36N6O6/c34-24(15-20-9-3-1-4-10-20)30(41)37-27(18-29(35)40)32(43)38-26(17-22-19-36-25-14-8-7-13-23(22)25)31(42)39-28(33(44)45)16-21-11-5-2-6-12-21/h1-14,19,24,26-28,36H,15-18,34H2,(H2,35,40)(H,37,41)(H,38,43)(H,39,42)(H,44,45). The molecular formula is C33H36N6O6. The molecule has 0 bridgehead atoms. The SMILES string of the molecule is NC(=O)CC(NC(=O)C(N)Cc1ccccc1)C(=O)NC(Cc1c[nH]c2ccccc12)C(=O)NC(Cc1ccccc1)C(=O)O. The van der Waals surface area contributed by atoms with Crippen molar-refractivity contribution in [1.29, 1.82) is 0 Å². The van der Waals surface area contributed by atoms with Crippen LogP contribution in [0.5, 0.6) is 0 Å². The molecule has 0 spiro atoms. The number of primary amides is 1. The number of aromatic nitrogens is 1. The minimum atomic E-state index is -1.44. The average molecular weight is 613 g/mol. The Morgan fingerprint density at radius 2 is 1.20 bits per heavy atom. The molecule has 4 aromatic rings. The summed E-state index contributed by atoms with van der Waals surface area (Å²) in [5.41, 5.74) is 14.5. The minimum Gasteiger partial charge on any atom is -0.480 e. The summed E-state index contributed by atoms with van der Waals surface area (Å²) in [7, 11) is 0. The van der Waals surface area contributed by atoms with E-state index in [0.29, 0.717) is 11.1 Å². The van der Waals surface area contributed by atoms with Crippen LogP contribution in [0.25, 0.3) is 10.9 Å².